The lowest BCUT2D eigenvalue weighted by Gasteiger charge is -2.27. The summed E-state index contributed by atoms with van der Waals surface area (Å²) >= 11 is 3.78. The Bertz CT molecular complexity index is 6490. The second-order valence-electron chi connectivity index (χ2n) is 25.8. The molecule has 0 bridgehead atoms. The lowest BCUT2D eigenvalue weighted by Crippen LogP contribution is -2.10. The van der Waals surface area contributed by atoms with E-state index in [2.05, 4.69) is 386 Å². The van der Waals surface area contributed by atoms with E-state index in [1.165, 1.54) is 161 Å². The molecule has 0 amide bonds. The summed E-state index contributed by atoms with van der Waals surface area (Å²) in [6.07, 6.45) is 0. The van der Waals surface area contributed by atoms with E-state index >= 15 is 0 Å². The highest BCUT2D eigenvalue weighted by Crippen LogP contribution is 2.49. The van der Waals surface area contributed by atoms with Crippen LogP contribution in [0.3, 0.4) is 0 Å². The molecule has 0 fully saturated rings. The van der Waals surface area contributed by atoms with Gasteiger partial charge in [0, 0.05) is 73.9 Å². The number of anilines is 6. The molecular formula is C96H62N2S2. The van der Waals surface area contributed by atoms with Crippen molar-refractivity contribution in [1.82, 2.24) is 0 Å². The molecule has 2 aromatic heterocycles. The molecule has 0 aliphatic carbocycles. The van der Waals surface area contributed by atoms with Crippen molar-refractivity contribution in [1.29, 1.82) is 0 Å². The minimum atomic E-state index is 1.12. The lowest BCUT2D eigenvalue weighted by atomic mass is 9.93. The van der Waals surface area contributed by atoms with Crippen molar-refractivity contribution < 1.29 is 0 Å². The molecule has 0 spiro atoms. The van der Waals surface area contributed by atoms with Crippen molar-refractivity contribution in [2.24, 2.45) is 0 Å². The zero-order chi connectivity index (χ0) is 66.0. The minimum absolute atomic E-state index is 1.12. The molecule has 20 aromatic rings. The van der Waals surface area contributed by atoms with Crippen molar-refractivity contribution in [3.8, 4) is 44.5 Å². The van der Waals surface area contributed by atoms with Crippen LogP contribution in [0.2, 0.25) is 0 Å². The average Bonchev–Trinajstić information content (AvgIpc) is 1.52. The Morgan fingerprint density at radius 2 is 0.510 bits per heavy atom. The van der Waals surface area contributed by atoms with Gasteiger partial charge in [-0.3, -0.25) is 0 Å². The molecule has 2 nitrogen and oxygen atoms in total. The first-order valence-electron chi connectivity index (χ1n) is 34.2. The molecule has 0 atom stereocenters. The molecule has 0 unspecified atom stereocenters. The summed E-state index contributed by atoms with van der Waals surface area (Å²) in [5.74, 6) is 0. The standard InChI is InChI=1S/2C48H31NS/c1-2-11-32(12-3-1)33-21-26-37(27-22-33)49(45-19-10-14-35-25-30-43-42-18-8-9-20-46(42)50-48(43)47(35)45)38-28-23-34(24-29-38)44-31-36-13-4-5-15-39(36)40-16-6-7-17-41(40)44;1-2-9-32(10-3-1)33-19-25-39(26-20-33)49(45-15-8-12-36-23-30-44-43-14-6-7-16-46(43)50-48(44)47(36)45)40-27-21-34(22-28-40)37-24-29-42-38(31-37)18-17-35-11-4-5-13-41(35)42/h2*1-31H. The monoisotopic (exact) mass is 1310 g/mol. The Balaban J connectivity index is 0.000000139. The summed E-state index contributed by atoms with van der Waals surface area (Å²) in [6.45, 7) is 0. The van der Waals surface area contributed by atoms with Gasteiger partial charge < -0.3 is 9.80 Å². The molecule has 468 valence electrons. The topological polar surface area (TPSA) is 6.48 Å². The van der Waals surface area contributed by atoms with Crippen LogP contribution < -0.4 is 9.80 Å². The second kappa shape index (κ2) is 24.9. The van der Waals surface area contributed by atoms with Gasteiger partial charge in [0.15, 0.2) is 0 Å². The van der Waals surface area contributed by atoms with Gasteiger partial charge in [0.05, 0.1) is 11.4 Å². The van der Waals surface area contributed by atoms with E-state index in [1.54, 1.807) is 0 Å². The number of fused-ring (bicyclic) bond motifs is 16. The van der Waals surface area contributed by atoms with Gasteiger partial charge in [-0.2, -0.15) is 0 Å². The fraction of sp³-hybridized carbons (Fsp3) is 0. The Morgan fingerprint density at radius 3 is 1.02 bits per heavy atom. The van der Waals surface area contributed by atoms with E-state index in [0.717, 1.165) is 22.7 Å². The Hall–Kier alpha value is -12.4. The zero-order valence-corrected chi connectivity index (χ0v) is 56.1. The maximum atomic E-state index is 2.43. The largest absolute Gasteiger partial charge is 0.310 e. The fourth-order valence-corrected chi connectivity index (χ4v) is 17.8. The maximum absolute atomic E-state index is 2.43. The van der Waals surface area contributed by atoms with Gasteiger partial charge in [-0.15, -0.1) is 22.7 Å². The van der Waals surface area contributed by atoms with Gasteiger partial charge in [-0.25, -0.2) is 0 Å². The zero-order valence-electron chi connectivity index (χ0n) is 54.5. The van der Waals surface area contributed by atoms with Crippen LogP contribution >= 0.6 is 22.7 Å². The molecule has 0 saturated heterocycles. The van der Waals surface area contributed by atoms with Crippen molar-refractivity contribution in [2.75, 3.05) is 9.80 Å². The summed E-state index contributed by atoms with van der Waals surface area (Å²) < 4.78 is 5.28. The summed E-state index contributed by atoms with van der Waals surface area (Å²) in [7, 11) is 0. The van der Waals surface area contributed by atoms with Crippen molar-refractivity contribution in [3.05, 3.63) is 376 Å². The molecule has 20 rings (SSSR count). The van der Waals surface area contributed by atoms with E-state index in [1.807, 2.05) is 22.7 Å². The first-order valence-corrected chi connectivity index (χ1v) is 35.8. The number of benzene rings is 18. The average molecular weight is 1310 g/mol. The Morgan fingerprint density at radius 1 is 0.180 bits per heavy atom. The van der Waals surface area contributed by atoms with E-state index in [9.17, 15) is 0 Å². The molecule has 100 heavy (non-hydrogen) atoms. The van der Waals surface area contributed by atoms with Gasteiger partial charge in [0.25, 0.3) is 0 Å². The molecule has 0 aliphatic rings. The third kappa shape index (κ3) is 10.4. The predicted octanol–water partition coefficient (Wildman–Crippen LogP) is 28.6. The molecule has 4 heteroatoms. The molecule has 2 heterocycles. The third-order valence-electron chi connectivity index (χ3n) is 20.1. The molecule has 18 aromatic carbocycles. The summed E-state index contributed by atoms with van der Waals surface area (Å²) in [6, 6.07) is 137. The van der Waals surface area contributed by atoms with E-state index in [0.29, 0.717) is 0 Å². The second-order valence-corrected chi connectivity index (χ2v) is 27.9. The van der Waals surface area contributed by atoms with Gasteiger partial charge >= 0.3 is 0 Å². The highest BCUT2D eigenvalue weighted by molar-refractivity contribution is 7.27. The SMILES string of the molecule is c1ccc(-c2ccc(N(c3ccc(-c4cc5ccccc5c5ccccc45)cc3)c3cccc4ccc5c6ccccc6sc5c34)cc2)cc1.c1ccc(-c2ccc(N(c3ccc(-c4ccc5c(ccc6ccccc65)c4)cc3)c3cccc4ccc5c6ccccc6sc5c34)cc2)cc1. The van der Waals surface area contributed by atoms with Crippen LogP contribution in [-0.4, -0.2) is 0 Å². The van der Waals surface area contributed by atoms with Gasteiger partial charge in [-0.05, 0) is 183 Å². The third-order valence-corrected chi connectivity index (χ3v) is 22.5. The number of nitrogens with zero attached hydrogens (tertiary/aromatic N) is 2. The van der Waals surface area contributed by atoms with E-state index < -0.39 is 0 Å². The Kier molecular flexibility index (Phi) is 14.7. The van der Waals surface area contributed by atoms with Gasteiger partial charge in [0.2, 0.25) is 0 Å². The number of rotatable bonds is 10. The molecule has 0 aliphatic heterocycles. The van der Waals surface area contributed by atoms with Crippen LogP contribution in [0.5, 0.6) is 0 Å². The molecule has 0 N–H and O–H groups in total. The number of thiophene rings is 2. The minimum Gasteiger partial charge on any atom is -0.310 e. The lowest BCUT2D eigenvalue weighted by molar-refractivity contribution is 1.30. The first kappa shape index (κ1) is 58.9. The van der Waals surface area contributed by atoms with Crippen LogP contribution in [0.15, 0.2) is 376 Å². The molecule has 0 radical (unpaired) electrons. The van der Waals surface area contributed by atoms with Crippen molar-refractivity contribution >= 4 is 162 Å². The van der Waals surface area contributed by atoms with Crippen LogP contribution in [0, 0.1) is 0 Å². The van der Waals surface area contributed by atoms with Crippen LogP contribution in [-0.2, 0) is 0 Å². The smallest absolute Gasteiger partial charge is 0.0554 e. The molecule has 0 saturated carbocycles. The quantitative estimate of drug-likeness (QED) is 0.126. The fourth-order valence-electron chi connectivity index (χ4n) is 15.2. The van der Waals surface area contributed by atoms with Crippen LogP contribution in [0.25, 0.3) is 149 Å². The summed E-state index contributed by atoms with van der Waals surface area (Å²) in [4.78, 5) is 4.86. The van der Waals surface area contributed by atoms with Crippen molar-refractivity contribution in [3.63, 3.8) is 0 Å². The molecular weight excluding hydrogens is 1250 g/mol. The van der Waals surface area contributed by atoms with Crippen LogP contribution in [0.1, 0.15) is 0 Å². The van der Waals surface area contributed by atoms with E-state index in [4.69, 9.17) is 0 Å². The predicted molar refractivity (Wildman–Crippen MR) is 435 cm³/mol. The Labute approximate surface area is 588 Å². The summed E-state index contributed by atoms with van der Waals surface area (Å²) in [5, 5.41) is 20.5. The van der Waals surface area contributed by atoms with E-state index in [-0.39, 0.29) is 0 Å². The van der Waals surface area contributed by atoms with Crippen LogP contribution in [0.4, 0.5) is 34.1 Å². The highest BCUT2D eigenvalue weighted by atomic mass is 32.1. The van der Waals surface area contributed by atoms with Gasteiger partial charge in [-0.1, -0.05) is 291 Å². The number of hydrogen-bond acceptors (Lipinski definition) is 4. The summed E-state index contributed by atoms with van der Waals surface area (Å²) in [5.41, 5.74) is 16.6. The normalized spacial score (nSPS) is 11.6. The maximum Gasteiger partial charge on any atom is 0.0554 e. The van der Waals surface area contributed by atoms with Crippen molar-refractivity contribution in [2.45, 2.75) is 0 Å². The number of hydrogen-bond donors (Lipinski definition) is 0. The highest BCUT2D eigenvalue weighted by Gasteiger charge is 2.22. The van der Waals surface area contributed by atoms with Gasteiger partial charge in [0.1, 0.15) is 0 Å². The first-order chi connectivity index (χ1) is 49.6.